The molecule has 0 spiro atoms. The Hall–Kier alpha value is -3.23. The fourth-order valence-corrected chi connectivity index (χ4v) is 6.35. The van der Waals surface area contributed by atoms with Crippen molar-refractivity contribution in [1.29, 1.82) is 0 Å². The summed E-state index contributed by atoms with van der Waals surface area (Å²) in [6.07, 6.45) is 4.69. The molecule has 1 fully saturated rings. The number of carbonyl (C=O) groups is 1. The van der Waals surface area contributed by atoms with Gasteiger partial charge in [0.25, 0.3) is 5.56 Å². The zero-order chi connectivity index (χ0) is 28.1. The van der Waals surface area contributed by atoms with Crippen molar-refractivity contribution in [2.45, 2.75) is 59.1 Å². The summed E-state index contributed by atoms with van der Waals surface area (Å²) in [5.74, 6) is -0.442. The van der Waals surface area contributed by atoms with Crippen LogP contribution >= 0.6 is 11.3 Å². The first-order valence-electron chi connectivity index (χ1n) is 14.4. The molecular weight excluding hydrogens is 525 g/mol. The minimum absolute atomic E-state index is 0.0585. The number of benzene rings is 2. The van der Waals surface area contributed by atoms with Gasteiger partial charge in [-0.15, -0.1) is 11.3 Å². The highest BCUT2D eigenvalue weighted by molar-refractivity contribution is 7.17. The molecule has 1 aliphatic rings. The number of ether oxygens (including phenoxy) is 1. The molecule has 0 aliphatic carbocycles. The molecular formula is C32H38FN3O3S. The van der Waals surface area contributed by atoms with Crippen molar-refractivity contribution in [3.05, 3.63) is 75.1 Å². The highest BCUT2D eigenvalue weighted by Crippen LogP contribution is 2.32. The van der Waals surface area contributed by atoms with Gasteiger partial charge in [0.15, 0.2) is 6.73 Å². The van der Waals surface area contributed by atoms with Gasteiger partial charge in [-0.2, -0.15) is 0 Å². The van der Waals surface area contributed by atoms with Crippen LogP contribution in [-0.2, 0) is 29.1 Å². The topological polar surface area (TPSA) is 54.8 Å². The zero-order valence-corrected chi connectivity index (χ0v) is 24.3. The van der Waals surface area contributed by atoms with E-state index in [4.69, 9.17) is 4.74 Å². The average molecular weight is 564 g/mol. The molecule has 5 rings (SSSR count). The van der Waals surface area contributed by atoms with E-state index in [9.17, 15) is 14.0 Å². The van der Waals surface area contributed by atoms with Crippen molar-refractivity contribution in [1.82, 2.24) is 9.47 Å². The average Bonchev–Trinajstić information content (AvgIpc) is 3.44. The Morgan fingerprint density at radius 1 is 1.02 bits per heavy atom. The van der Waals surface area contributed by atoms with Crippen LogP contribution in [0, 0.1) is 5.82 Å². The molecule has 8 heteroatoms. The fourth-order valence-electron chi connectivity index (χ4n) is 5.52. The number of fused-ring (bicyclic) bond motifs is 2. The number of unbranched alkanes of at least 4 members (excludes halogenated alkanes) is 2. The monoisotopic (exact) mass is 563 g/mol. The molecule has 212 valence electrons. The van der Waals surface area contributed by atoms with Gasteiger partial charge in [-0.1, -0.05) is 38.8 Å². The van der Waals surface area contributed by atoms with Gasteiger partial charge >= 0.3 is 5.97 Å². The molecule has 0 radical (unpaired) electrons. The van der Waals surface area contributed by atoms with Gasteiger partial charge in [0.2, 0.25) is 0 Å². The van der Waals surface area contributed by atoms with E-state index in [0.29, 0.717) is 12.8 Å². The Labute approximate surface area is 239 Å². The zero-order valence-electron chi connectivity index (χ0n) is 23.5. The lowest BCUT2D eigenvalue weighted by Crippen LogP contribution is -2.47. The molecule has 0 N–H and O–H groups in total. The number of halogens is 1. The molecule has 1 saturated heterocycles. The highest BCUT2D eigenvalue weighted by atomic mass is 32.1. The summed E-state index contributed by atoms with van der Waals surface area (Å²) in [5, 5.41) is 4.12. The summed E-state index contributed by atoms with van der Waals surface area (Å²) in [7, 11) is 0. The Morgan fingerprint density at radius 2 is 1.85 bits per heavy atom. The van der Waals surface area contributed by atoms with E-state index in [1.165, 1.54) is 0 Å². The summed E-state index contributed by atoms with van der Waals surface area (Å²) < 4.78 is 22.3. The second kappa shape index (κ2) is 13.0. The molecule has 2 aromatic carbocycles. The molecule has 6 nitrogen and oxygen atoms in total. The minimum Gasteiger partial charge on any atom is -0.444 e. The molecule has 4 aromatic rings. The lowest BCUT2D eigenvalue weighted by molar-refractivity contribution is -0.147. The van der Waals surface area contributed by atoms with Gasteiger partial charge in [-0.05, 0) is 65.9 Å². The van der Waals surface area contributed by atoms with Gasteiger partial charge in [-0.3, -0.25) is 19.1 Å². The maximum absolute atomic E-state index is 14.2. The number of aromatic nitrogens is 1. The third-order valence-electron chi connectivity index (χ3n) is 7.90. The number of hydrogen-bond acceptors (Lipinski definition) is 6. The smallest absolute Gasteiger partial charge is 0.307 e. The second-order valence-electron chi connectivity index (χ2n) is 10.6. The first kappa shape index (κ1) is 28.3. The summed E-state index contributed by atoms with van der Waals surface area (Å²) in [6, 6.07) is 13.6. The van der Waals surface area contributed by atoms with Crippen LogP contribution < -0.4 is 10.5 Å². The first-order valence-corrected chi connectivity index (χ1v) is 15.3. The summed E-state index contributed by atoms with van der Waals surface area (Å²) in [4.78, 5) is 30.2. The Bertz CT molecular complexity index is 1540. The van der Waals surface area contributed by atoms with Gasteiger partial charge < -0.3 is 9.64 Å². The van der Waals surface area contributed by atoms with Crippen LogP contribution in [0.25, 0.3) is 21.0 Å². The van der Waals surface area contributed by atoms with Crippen LogP contribution in [0.4, 0.5) is 10.1 Å². The predicted octanol–water partition coefficient (Wildman–Crippen LogP) is 6.36. The van der Waals surface area contributed by atoms with Gasteiger partial charge in [0.1, 0.15) is 5.82 Å². The van der Waals surface area contributed by atoms with E-state index in [1.54, 1.807) is 28.0 Å². The van der Waals surface area contributed by atoms with Crippen molar-refractivity contribution in [3.8, 4) is 0 Å². The van der Waals surface area contributed by atoms with Gasteiger partial charge in [-0.25, -0.2) is 4.39 Å². The molecule has 0 atom stereocenters. The number of esters is 1. The molecule has 0 bridgehead atoms. The normalized spacial score (nSPS) is 14.3. The maximum Gasteiger partial charge on any atom is 0.307 e. The quantitative estimate of drug-likeness (QED) is 0.157. The van der Waals surface area contributed by atoms with E-state index in [2.05, 4.69) is 41.0 Å². The third-order valence-corrected chi connectivity index (χ3v) is 8.76. The maximum atomic E-state index is 14.2. The first-order chi connectivity index (χ1) is 19.5. The van der Waals surface area contributed by atoms with Crippen LogP contribution in [0.5, 0.6) is 0 Å². The summed E-state index contributed by atoms with van der Waals surface area (Å²) in [5.41, 5.74) is 3.56. The summed E-state index contributed by atoms with van der Waals surface area (Å²) in [6.45, 7) is 8.44. The summed E-state index contributed by atoms with van der Waals surface area (Å²) >= 11 is 1.58. The number of pyridine rings is 1. The lowest BCUT2D eigenvalue weighted by atomic mass is 10.1. The second-order valence-corrected chi connectivity index (χ2v) is 11.5. The largest absolute Gasteiger partial charge is 0.444 e. The van der Waals surface area contributed by atoms with Gasteiger partial charge in [0, 0.05) is 60.5 Å². The van der Waals surface area contributed by atoms with Crippen LogP contribution in [-0.4, -0.2) is 48.2 Å². The molecule has 1 aliphatic heterocycles. The number of piperazine rings is 1. The van der Waals surface area contributed by atoms with E-state index < -0.39 is 0 Å². The van der Waals surface area contributed by atoms with Gasteiger partial charge in [0.05, 0.1) is 5.52 Å². The van der Waals surface area contributed by atoms with Crippen molar-refractivity contribution in [2.75, 3.05) is 37.6 Å². The Morgan fingerprint density at radius 3 is 2.62 bits per heavy atom. The van der Waals surface area contributed by atoms with Crippen LogP contribution in [0.15, 0.2) is 52.6 Å². The number of hydrogen-bond donors (Lipinski definition) is 0. The molecule has 3 heterocycles. The standard InChI is InChI=1S/C32H38FN3O3S/c1-3-5-6-7-31(37)39-22-36-28-18-23(8-9-25(28)19-24(4-2)32(36)38)10-12-34-13-15-35(16-14-34)29-20-26(33)21-30-27(29)11-17-40-30/h8-9,11,17-21H,3-7,10,12-16,22H2,1-2H3. The van der Waals surface area contributed by atoms with E-state index in [1.807, 2.05) is 18.4 Å². The Kier molecular flexibility index (Phi) is 9.17. The number of carbonyl (C=O) groups excluding carboxylic acids is 1. The van der Waals surface area contributed by atoms with Crippen molar-refractivity contribution in [3.63, 3.8) is 0 Å². The molecule has 0 unspecified atom stereocenters. The number of nitrogens with zero attached hydrogens (tertiary/aromatic N) is 3. The Balaban J connectivity index is 1.24. The van der Waals surface area contributed by atoms with Crippen LogP contribution in [0.3, 0.4) is 0 Å². The molecule has 40 heavy (non-hydrogen) atoms. The van der Waals surface area contributed by atoms with Crippen LogP contribution in [0.2, 0.25) is 0 Å². The number of anilines is 1. The highest BCUT2D eigenvalue weighted by Gasteiger charge is 2.20. The van der Waals surface area contributed by atoms with Crippen LogP contribution in [0.1, 0.15) is 50.7 Å². The molecule has 2 aromatic heterocycles. The van der Waals surface area contributed by atoms with Crippen molar-refractivity contribution < 1.29 is 13.9 Å². The fraction of sp³-hybridized carbons (Fsp3) is 0.438. The minimum atomic E-state index is -0.260. The number of rotatable bonds is 11. The SMILES string of the molecule is CCCCCC(=O)OCn1c(=O)c(CC)cc2ccc(CCN3CCN(c4cc(F)cc5sccc45)CC3)cc21. The number of aryl methyl sites for hydroxylation is 1. The van der Waals surface area contributed by atoms with Crippen molar-refractivity contribution >= 4 is 44.0 Å². The lowest BCUT2D eigenvalue weighted by Gasteiger charge is -2.36. The molecule has 0 saturated carbocycles. The number of thiophene rings is 1. The van der Waals surface area contributed by atoms with Crippen molar-refractivity contribution in [2.24, 2.45) is 0 Å². The van der Waals surface area contributed by atoms with E-state index >= 15 is 0 Å². The third kappa shape index (κ3) is 6.39. The van der Waals surface area contributed by atoms with E-state index in [0.717, 1.165) is 96.2 Å². The molecule has 0 amide bonds. The van der Waals surface area contributed by atoms with E-state index in [-0.39, 0.29) is 24.1 Å². The predicted molar refractivity (Wildman–Crippen MR) is 162 cm³/mol.